The normalized spacial score (nSPS) is 11.0. The first-order valence-electron chi connectivity index (χ1n) is 7.75. The van der Waals surface area contributed by atoms with Gasteiger partial charge in [-0.1, -0.05) is 42.0 Å². The summed E-state index contributed by atoms with van der Waals surface area (Å²) in [5.41, 5.74) is 13.1. The number of hydrogen-bond acceptors (Lipinski definition) is 4. The van der Waals surface area contributed by atoms with E-state index >= 15 is 0 Å². The molecule has 0 radical (unpaired) electrons. The topological polar surface area (TPSA) is 51.8 Å². The van der Waals surface area contributed by atoms with Crippen molar-refractivity contribution in [3.8, 4) is 11.4 Å². The largest absolute Gasteiger partial charge is 0.326 e. The minimum absolute atomic E-state index is 0.587. The summed E-state index contributed by atoms with van der Waals surface area (Å²) in [5, 5.41) is 1.04. The van der Waals surface area contributed by atoms with Crippen LogP contribution in [0.2, 0.25) is 0 Å². The van der Waals surface area contributed by atoms with Crippen LogP contribution in [-0.2, 0) is 13.0 Å². The van der Waals surface area contributed by atoms with Crippen LogP contribution in [-0.4, -0.2) is 9.36 Å². The Morgan fingerprint density at radius 1 is 0.957 bits per heavy atom. The van der Waals surface area contributed by atoms with E-state index in [2.05, 4.69) is 61.5 Å². The Kier molecular flexibility index (Phi) is 4.55. The maximum Gasteiger partial charge on any atom is 0.173 e. The third kappa shape index (κ3) is 3.49. The second-order valence-corrected chi connectivity index (χ2v) is 6.80. The van der Waals surface area contributed by atoms with E-state index in [0.29, 0.717) is 6.54 Å². The number of rotatable bonds is 4. The smallest absolute Gasteiger partial charge is 0.173 e. The number of nitrogens with two attached hydrogens (primary N) is 1. The van der Waals surface area contributed by atoms with Crippen LogP contribution in [0.25, 0.3) is 11.4 Å². The standard InChI is InChI=1S/C19H21N3S/c1-12-4-6-15(7-5-12)19-21-18(23-22-19)10-16-8-14(3)17(11-20)9-13(16)2/h4-9H,10-11,20H2,1-3H3. The second kappa shape index (κ2) is 6.60. The Hall–Kier alpha value is -2.04. The van der Waals surface area contributed by atoms with Crippen LogP contribution in [0.5, 0.6) is 0 Å². The van der Waals surface area contributed by atoms with Gasteiger partial charge in [-0.25, -0.2) is 4.98 Å². The lowest BCUT2D eigenvalue weighted by Crippen LogP contribution is -2.02. The van der Waals surface area contributed by atoms with Crippen molar-refractivity contribution >= 4 is 11.5 Å². The molecule has 3 rings (SSSR count). The number of aromatic nitrogens is 2. The fraction of sp³-hybridized carbons (Fsp3) is 0.263. The summed E-state index contributed by atoms with van der Waals surface area (Å²) in [4.78, 5) is 4.70. The Morgan fingerprint density at radius 3 is 2.30 bits per heavy atom. The van der Waals surface area contributed by atoms with E-state index in [1.807, 2.05) is 0 Å². The molecule has 4 heteroatoms. The Bertz CT molecular complexity index is 819. The van der Waals surface area contributed by atoms with Crippen molar-refractivity contribution in [1.82, 2.24) is 9.36 Å². The fourth-order valence-corrected chi connectivity index (χ4v) is 3.34. The average molecular weight is 323 g/mol. The molecule has 2 aromatic carbocycles. The molecule has 0 spiro atoms. The monoisotopic (exact) mass is 323 g/mol. The van der Waals surface area contributed by atoms with Gasteiger partial charge >= 0.3 is 0 Å². The van der Waals surface area contributed by atoms with Gasteiger partial charge in [0.15, 0.2) is 5.82 Å². The molecule has 2 N–H and O–H groups in total. The SMILES string of the molecule is Cc1ccc(-c2nsc(Cc3cc(C)c(CN)cc3C)n2)cc1. The molecule has 1 aromatic heterocycles. The van der Waals surface area contributed by atoms with Gasteiger partial charge in [-0.3, -0.25) is 0 Å². The molecule has 0 aliphatic carbocycles. The molecule has 0 amide bonds. The van der Waals surface area contributed by atoms with Gasteiger partial charge in [0.2, 0.25) is 0 Å². The highest BCUT2D eigenvalue weighted by Crippen LogP contribution is 2.23. The summed E-state index contributed by atoms with van der Waals surface area (Å²) >= 11 is 1.48. The quantitative estimate of drug-likeness (QED) is 0.783. The number of hydrogen-bond donors (Lipinski definition) is 1. The zero-order chi connectivity index (χ0) is 16.4. The lowest BCUT2D eigenvalue weighted by Gasteiger charge is -2.09. The molecule has 0 bridgehead atoms. The van der Waals surface area contributed by atoms with Gasteiger partial charge in [-0.2, -0.15) is 4.37 Å². The summed E-state index contributed by atoms with van der Waals surface area (Å²) in [5.74, 6) is 0.818. The van der Waals surface area contributed by atoms with Crippen LogP contribution in [0.4, 0.5) is 0 Å². The van der Waals surface area contributed by atoms with Crippen molar-refractivity contribution in [1.29, 1.82) is 0 Å². The van der Waals surface area contributed by atoms with Crippen LogP contribution in [0.15, 0.2) is 36.4 Å². The minimum Gasteiger partial charge on any atom is -0.326 e. The van der Waals surface area contributed by atoms with Crippen LogP contribution in [0, 0.1) is 20.8 Å². The summed E-state index contributed by atoms with van der Waals surface area (Å²) in [6, 6.07) is 12.8. The van der Waals surface area contributed by atoms with Gasteiger partial charge in [0, 0.05) is 18.5 Å². The molecule has 118 valence electrons. The maximum absolute atomic E-state index is 5.78. The lowest BCUT2D eigenvalue weighted by molar-refractivity contribution is 1.02. The third-order valence-corrected chi connectivity index (χ3v) is 4.84. The molecule has 23 heavy (non-hydrogen) atoms. The summed E-state index contributed by atoms with van der Waals surface area (Å²) in [7, 11) is 0. The summed E-state index contributed by atoms with van der Waals surface area (Å²) in [6.45, 7) is 6.92. The van der Waals surface area contributed by atoms with Crippen LogP contribution >= 0.6 is 11.5 Å². The number of benzene rings is 2. The maximum atomic E-state index is 5.78. The van der Waals surface area contributed by atoms with Crippen molar-refractivity contribution in [2.45, 2.75) is 33.7 Å². The molecule has 0 saturated heterocycles. The van der Waals surface area contributed by atoms with E-state index in [9.17, 15) is 0 Å². The van der Waals surface area contributed by atoms with Gasteiger partial charge < -0.3 is 5.73 Å². The average Bonchev–Trinajstić information content (AvgIpc) is 3.00. The molecule has 0 aliphatic heterocycles. The van der Waals surface area contributed by atoms with Crippen LogP contribution in [0.1, 0.15) is 32.8 Å². The lowest BCUT2D eigenvalue weighted by atomic mass is 9.98. The molecule has 0 aliphatic rings. The van der Waals surface area contributed by atoms with Crippen LogP contribution < -0.4 is 5.73 Å². The Labute approximate surface area is 141 Å². The van der Waals surface area contributed by atoms with Crippen molar-refractivity contribution in [2.24, 2.45) is 5.73 Å². The molecule has 3 aromatic rings. The first-order valence-corrected chi connectivity index (χ1v) is 8.53. The number of aryl methyl sites for hydroxylation is 3. The highest BCUT2D eigenvalue weighted by atomic mass is 32.1. The van der Waals surface area contributed by atoms with E-state index in [1.54, 1.807) is 0 Å². The highest BCUT2D eigenvalue weighted by molar-refractivity contribution is 7.05. The molecule has 0 atom stereocenters. The molecule has 0 saturated carbocycles. The van der Waals surface area contributed by atoms with Crippen molar-refractivity contribution in [2.75, 3.05) is 0 Å². The molecule has 1 heterocycles. The van der Waals surface area contributed by atoms with E-state index < -0.39 is 0 Å². The minimum atomic E-state index is 0.587. The Morgan fingerprint density at radius 2 is 1.61 bits per heavy atom. The summed E-state index contributed by atoms with van der Waals surface area (Å²) < 4.78 is 4.51. The first kappa shape index (κ1) is 15.8. The van der Waals surface area contributed by atoms with Crippen LogP contribution in [0.3, 0.4) is 0 Å². The van der Waals surface area contributed by atoms with E-state index in [4.69, 9.17) is 10.7 Å². The zero-order valence-corrected chi connectivity index (χ0v) is 14.6. The zero-order valence-electron chi connectivity index (χ0n) is 13.8. The van der Waals surface area contributed by atoms with Crippen molar-refractivity contribution in [3.05, 3.63) is 69.2 Å². The van der Waals surface area contributed by atoms with E-state index in [1.165, 1.54) is 39.3 Å². The summed E-state index contributed by atoms with van der Waals surface area (Å²) in [6.07, 6.45) is 0.820. The Balaban J connectivity index is 1.84. The van der Waals surface area contributed by atoms with Gasteiger partial charge in [0.1, 0.15) is 5.01 Å². The predicted molar refractivity (Wildman–Crippen MR) is 96.7 cm³/mol. The first-order chi connectivity index (χ1) is 11.1. The highest BCUT2D eigenvalue weighted by Gasteiger charge is 2.10. The van der Waals surface area contributed by atoms with E-state index in [-0.39, 0.29) is 0 Å². The van der Waals surface area contributed by atoms with Gasteiger partial charge in [0.05, 0.1) is 0 Å². The molecular weight excluding hydrogens is 302 g/mol. The molecular formula is C19H21N3S. The molecule has 3 nitrogen and oxygen atoms in total. The fourth-order valence-electron chi connectivity index (χ4n) is 2.66. The van der Waals surface area contributed by atoms with Gasteiger partial charge in [0.25, 0.3) is 0 Å². The second-order valence-electron chi connectivity index (χ2n) is 5.96. The third-order valence-electron chi connectivity index (χ3n) is 4.13. The predicted octanol–water partition coefficient (Wildman–Crippen LogP) is 4.18. The van der Waals surface area contributed by atoms with Crippen molar-refractivity contribution in [3.63, 3.8) is 0 Å². The molecule has 0 unspecified atom stereocenters. The van der Waals surface area contributed by atoms with E-state index in [0.717, 1.165) is 22.8 Å². The van der Waals surface area contributed by atoms with Gasteiger partial charge in [-0.15, -0.1) is 0 Å². The van der Waals surface area contributed by atoms with Gasteiger partial charge in [-0.05, 0) is 54.6 Å². The van der Waals surface area contributed by atoms with Crippen molar-refractivity contribution < 1.29 is 0 Å². The number of nitrogens with zero attached hydrogens (tertiary/aromatic N) is 2. The molecule has 0 fully saturated rings.